The van der Waals surface area contributed by atoms with Crippen molar-refractivity contribution in [2.75, 3.05) is 5.43 Å². The van der Waals surface area contributed by atoms with Crippen LogP contribution >= 0.6 is 0 Å². The van der Waals surface area contributed by atoms with Crippen molar-refractivity contribution in [3.8, 4) is 0 Å². The summed E-state index contributed by atoms with van der Waals surface area (Å²) in [7, 11) is -4.00. The van der Waals surface area contributed by atoms with Crippen molar-refractivity contribution < 1.29 is 13.3 Å². The molecule has 0 amide bonds. The minimum absolute atomic E-state index is 0.139. The second-order valence-corrected chi connectivity index (χ2v) is 7.42. The molecule has 2 rings (SSSR count). The molecular formula is C14H20N4O4S. The van der Waals surface area contributed by atoms with Gasteiger partial charge in [-0.2, -0.15) is 5.10 Å². The van der Waals surface area contributed by atoms with Crippen LogP contribution in [0.2, 0.25) is 0 Å². The molecule has 0 aliphatic heterocycles. The monoisotopic (exact) mass is 340 g/mol. The molecule has 126 valence electrons. The third-order valence-corrected chi connectivity index (χ3v) is 4.99. The number of nitro benzene ring substituents is 1. The first-order valence-corrected chi connectivity index (χ1v) is 8.89. The maximum atomic E-state index is 11.3. The number of anilines is 1. The van der Waals surface area contributed by atoms with Gasteiger partial charge in [0, 0.05) is 11.8 Å². The number of nitro groups is 1. The normalized spacial score (nSPS) is 23.7. The maximum absolute atomic E-state index is 11.3. The van der Waals surface area contributed by atoms with Gasteiger partial charge < -0.3 is 0 Å². The van der Waals surface area contributed by atoms with Gasteiger partial charge in [-0.15, -0.1) is 0 Å². The molecule has 0 aromatic heterocycles. The molecule has 1 aliphatic carbocycles. The molecule has 2 atom stereocenters. The smallest absolute Gasteiger partial charge is 0.272 e. The lowest BCUT2D eigenvalue weighted by atomic mass is 9.81. The Labute approximate surface area is 135 Å². The first-order chi connectivity index (χ1) is 10.7. The van der Waals surface area contributed by atoms with Gasteiger partial charge in [0.15, 0.2) is 0 Å². The van der Waals surface area contributed by atoms with E-state index in [1.807, 2.05) is 0 Å². The van der Waals surface area contributed by atoms with Crippen molar-refractivity contribution in [2.24, 2.45) is 22.1 Å². The molecule has 0 bridgehead atoms. The molecule has 23 heavy (non-hydrogen) atoms. The third kappa shape index (κ3) is 4.05. The predicted molar refractivity (Wildman–Crippen MR) is 87.7 cm³/mol. The quantitative estimate of drug-likeness (QED) is 0.642. The lowest BCUT2D eigenvalue weighted by Gasteiger charge is -2.26. The van der Waals surface area contributed by atoms with E-state index in [4.69, 9.17) is 5.14 Å². The van der Waals surface area contributed by atoms with E-state index in [2.05, 4.69) is 24.4 Å². The van der Waals surface area contributed by atoms with Crippen LogP contribution in [0, 0.1) is 22.0 Å². The van der Waals surface area contributed by atoms with E-state index in [9.17, 15) is 18.5 Å². The summed E-state index contributed by atoms with van der Waals surface area (Å²) in [5, 5.41) is 20.5. The highest BCUT2D eigenvalue weighted by molar-refractivity contribution is 7.89. The van der Waals surface area contributed by atoms with Crippen molar-refractivity contribution in [1.82, 2.24) is 0 Å². The van der Waals surface area contributed by atoms with Crippen LogP contribution in [0.25, 0.3) is 0 Å². The molecule has 8 nitrogen and oxygen atoms in total. The first-order valence-electron chi connectivity index (χ1n) is 7.35. The number of nitrogens with two attached hydrogens (primary N) is 1. The Hall–Kier alpha value is -2.00. The number of nitrogens with zero attached hydrogens (tertiary/aromatic N) is 2. The summed E-state index contributed by atoms with van der Waals surface area (Å²) in [6.07, 6.45) is 3.22. The Kier molecular flexibility index (Phi) is 5.00. The van der Waals surface area contributed by atoms with E-state index in [1.165, 1.54) is 12.1 Å². The summed E-state index contributed by atoms with van der Waals surface area (Å²) in [6, 6.07) is 3.46. The number of benzene rings is 1. The van der Waals surface area contributed by atoms with Crippen molar-refractivity contribution in [3.05, 3.63) is 28.3 Å². The second kappa shape index (κ2) is 6.63. The van der Waals surface area contributed by atoms with Crippen LogP contribution in [0.4, 0.5) is 11.4 Å². The number of primary sulfonamides is 1. The van der Waals surface area contributed by atoms with Gasteiger partial charge in [0.1, 0.15) is 5.69 Å². The van der Waals surface area contributed by atoms with Gasteiger partial charge >= 0.3 is 0 Å². The maximum Gasteiger partial charge on any atom is 0.295 e. The highest BCUT2D eigenvalue weighted by atomic mass is 32.2. The average molecular weight is 340 g/mol. The standard InChI is InChI=1S/C14H20N4O4S/c1-9-4-3-5-10(2)14(9)17-16-12-7-6-11(23(15,21)22)8-13(12)18(19)20/h6-10,16H,3-5H2,1-2H3,(H2,15,21,22)/t9-,10+. The van der Waals surface area contributed by atoms with Crippen molar-refractivity contribution in [2.45, 2.75) is 38.0 Å². The van der Waals surface area contributed by atoms with E-state index in [0.717, 1.165) is 31.0 Å². The fourth-order valence-electron chi connectivity index (χ4n) is 2.79. The van der Waals surface area contributed by atoms with Gasteiger partial charge in [-0.1, -0.05) is 20.3 Å². The summed E-state index contributed by atoms with van der Waals surface area (Å²) in [6.45, 7) is 4.16. The van der Waals surface area contributed by atoms with Crippen LogP contribution in [-0.2, 0) is 10.0 Å². The molecule has 1 fully saturated rings. The van der Waals surface area contributed by atoms with E-state index in [-0.39, 0.29) is 16.3 Å². The predicted octanol–water partition coefficient (Wildman–Crippen LogP) is 2.47. The Morgan fingerprint density at radius 3 is 2.43 bits per heavy atom. The number of rotatable bonds is 4. The van der Waals surface area contributed by atoms with E-state index in [1.54, 1.807) is 0 Å². The molecule has 1 aromatic carbocycles. The topological polar surface area (TPSA) is 128 Å². The summed E-state index contributed by atoms with van der Waals surface area (Å²) in [5.41, 5.74) is 3.45. The molecule has 0 radical (unpaired) electrons. The average Bonchev–Trinajstić information content (AvgIpc) is 2.45. The zero-order valence-electron chi connectivity index (χ0n) is 13.0. The van der Waals surface area contributed by atoms with Gasteiger partial charge in [-0.25, -0.2) is 13.6 Å². The molecule has 1 aliphatic rings. The number of hydrazone groups is 1. The van der Waals surface area contributed by atoms with Crippen LogP contribution < -0.4 is 10.6 Å². The summed E-state index contributed by atoms with van der Waals surface area (Å²) >= 11 is 0. The van der Waals surface area contributed by atoms with Gasteiger partial charge in [0.2, 0.25) is 10.0 Å². The number of hydrogen-bond donors (Lipinski definition) is 2. The van der Waals surface area contributed by atoms with Gasteiger partial charge in [0.05, 0.1) is 9.82 Å². The fraction of sp³-hybridized carbons (Fsp3) is 0.500. The molecule has 9 heteroatoms. The van der Waals surface area contributed by atoms with Crippen LogP contribution in [0.3, 0.4) is 0 Å². The van der Waals surface area contributed by atoms with Crippen molar-refractivity contribution in [1.29, 1.82) is 0 Å². The molecular weight excluding hydrogens is 320 g/mol. The number of hydrogen-bond acceptors (Lipinski definition) is 6. The van der Waals surface area contributed by atoms with Crippen LogP contribution in [0.15, 0.2) is 28.2 Å². The SMILES string of the molecule is C[C@@H]1CCC[C@H](C)C1=NNc1ccc(S(N)(=O)=O)cc1[N+](=O)[O-]. The molecule has 1 aromatic rings. The van der Waals surface area contributed by atoms with Crippen LogP contribution in [0.5, 0.6) is 0 Å². The summed E-state index contributed by atoms with van der Waals surface area (Å²) in [5.74, 6) is 0.628. The number of sulfonamides is 1. The van der Waals surface area contributed by atoms with Crippen molar-refractivity contribution in [3.63, 3.8) is 0 Å². The molecule has 3 N–H and O–H groups in total. The molecule has 1 saturated carbocycles. The largest absolute Gasteiger partial charge is 0.295 e. The second-order valence-electron chi connectivity index (χ2n) is 5.86. The van der Waals surface area contributed by atoms with E-state index < -0.39 is 14.9 Å². The lowest BCUT2D eigenvalue weighted by Crippen LogP contribution is -2.25. The molecule has 0 unspecified atom stereocenters. The Balaban J connectivity index is 2.34. The molecule has 0 heterocycles. The van der Waals surface area contributed by atoms with Gasteiger partial charge in [-0.3, -0.25) is 15.5 Å². The first kappa shape index (κ1) is 17.4. The van der Waals surface area contributed by atoms with Crippen LogP contribution in [-0.4, -0.2) is 19.1 Å². The van der Waals surface area contributed by atoms with E-state index >= 15 is 0 Å². The van der Waals surface area contributed by atoms with Crippen molar-refractivity contribution >= 4 is 27.1 Å². The molecule has 0 spiro atoms. The zero-order valence-corrected chi connectivity index (χ0v) is 13.8. The fourth-order valence-corrected chi connectivity index (χ4v) is 3.32. The number of nitrogens with one attached hydrogen (secondary N) is 1. The highest BCUT2D eigenvalue weighted by Crippen LogP contribution is 2.29. The summed E-state index contributed by atoms with van der Waals surface area (Å²) < 4.78 is 22.6. The Bertz CT molecular complexity index is 733. The zero-order chi connectivity index (χ0) is 17.2. The minimum Gasteiger partial charge on any atom is -0.272 e. The Morgan fingerprint density at radius 1 is 1.30 bits per heavy atom. The summed E-state index contributed by atoms with van der Waals surface area (Å²) in [4.78, 5) is 10.2. The van der Waals surface area contributed by atoms with Gasteiger partial charge in [0.25, 0.3) is 5.69 Å². The lowest BCUT2D eigenvalue weighted by molar-refractivity contribution is -0.384. The Morgan fingerprint density at radius 2 is 1.91 bits per heavy atom. The van der Waals surface area contributed by atoms with Gasteiger partial charge in [-0.05, 0) is 36.8 Å². The highest BCUT2D eigenvalue weighted by Gasteiger charge is 2.24. The minimum atomic E-state index is -4.00. The van der Waals surface area contributed by atoms with E-state index in [0.29, 0.717) is 11.8 Å². The van der Waals surface area contributed by atoms with Crippen LogP contribution in [0.1, 0.15) is 33.1 Å². The molecule has 0 saturated heterocycles. The third-order valence-electron chi connectivity index (χ3n) is 4.08.